The van der Waals surface area contributed by atoms with Crippen LogP contribution in [0.25, 0.3) is 10.9 Å². The molecule has 4 rings (SSSR count). The molecule has 32 heavy (non-hydrogen) atoms. The van der Waals surface area contributed by atoms with Gasteiger partial charge in [0.05, 0.1) is 5.69 Å². The zero-order valence-corrected chi connectivity index (χ0v) is 19.4. The number of aromatic nitrogens is 1. The minimum Gasteiger partial charge on any atom is -0.356 e. The molecule has 1 saturated heterocycles. The van der Waals surface area contributed by atoms with Gasteiger partial charge in [0.25, 0.3) is 5.91 Å². The van der Waals surface area contributed by atoms with Crippen LogP contribution in [0, 0.1) is 0 Å². The number of hydrogen-bond donors (Lipinski definition) is 2. The Morgan fingerprint density at radius 3 is 2.66 bits per heavy atom. The largest absolute Gasteiger partial charge is 0.356 e. The van der Waals surface area contributed by atoms with Crippen LogP contribution in [0.3, 0.4) is 0 Å². The number of hydrogen-bond acceptors (Lipinski definition) is 3. The van der Waals surface area contributed by atoms with Crippen LogP contribution in [0.2, 0.25) is 0 Å². The van der Waals surface area contributed by atoms with E-state index in [-0.39, 0.29) is 17.8 Å². The number of nitrogens with zero attached hydrogens (tertiary/aromatic N) is 2. The van der Waals surface area contributed by atoms with Crippen molar-refractivity contribution in [2.45, 2.75) is 77.3 Å². The van der Waals surface area contributed by atoms with Crippen LogP contribution in [0.1, 0.15) is 70.6 Å². The Hall–Kier alpha value is -2.83. The molecule has 2 aliphatic heterocycles. The standard InChI is InChI=1S/C25H34N4O3/c1-4-5-6-7-8-11-15-26-22(30)17(2)29-23(31)25(3)21-19(14-16-28(25)24(29)32)18-12-9-10-13-20(18)27-21/h9-10,12-13,17,27H,4-8,11,14-16H2,1-3H3,(H,26,30). The number of nitrogens with one attached hydrogen (secondary N) is 2. The molecule has 0 radical (unpaired) electrons. The molecule has 2 aromatic rings. The third kappa shape index (κ3) is 3.57. The Morgan fingerprint density at radius 2 is 1.88 bits per heavy atom. The Labute approximate surface area is 189 Å². The first-order chi connectivity index (χ1) is 15.4. The Bertz CT molecular complexity index is 1030. The van der Waals surface area contributed by atoms with Crippen LogP contribution in [-0.2, 0) is 21.5 Å². The molecule has 2 unspecified atom stereocenters. The second kappa shape index (κ2) is 8.96. The molecule has 2 N–H and O–H groups in total. The molecule has 1 aromatic carbocycles. The molecule has 4 amide bonds. The van der Waals surface area contributed by atoms with Crippen LogP contribution in [0.4, 0.5) is 4.79 Å². The molecule has 3 heterocycles. The number of amides is 4. The van der Waals surface area contributed by atoms with Crippen molar-refractivity contribution in [2.24, 2.45) is 0 Å². The van der Waals surface area contributed by atoms with Crippen molar-refractivity contribution >= 4 is 28.7 Å². The second-order valence-electron chi connectivity index (χ2n) is 9.19. The van der Waals surface area contributed by atoms with E-state index >= 15 is 0 Å². The summed E-state index contributed by atoms with van der Waals surface area (Å²) in [6.07, 6.45) is 7.51. The van der Waals surface area contributed by atoms with Crippen LogP contribution in [0.5, 0.6) is 0 Å². The lowest BCUT2D eigenvalue weighted by molar-refractivity contribution is -0.139. The highest BCUT2D eigenvalue weighted by molar-refractivity contribution is 6.10. The Kier molecular flexibility index (Phi) is 6.26. The van der Waals surface area contributed by atoms with E-state index in [4.69, 9.17) is 0 Å². The van der Waals surface area contributed by atoms with Gasteiger partial charge in [-0.25, -0.2) is 9.69 Å². The summed E-state index contributed by atoms with van der Waals surface area (Å²) in [6.45, 7) is 6.65. The predicted molar refractivity (Wildman–Crippen MR) is 124 cm³/mol. The molecule has 2 aliphatic rings. The number of rotatable bonds is 9. The van der Waals surface area contributed by atoms with E-state index in [9.17, 15) is 14.4 Å². The summed E-state index contributed by atoms with van der Waals surface area (Å²) >= 11 is 0. The number of benzene rings is 1. The van der Waals surface area contributed by atoms with Crippen molar-refractivity contribution in [3.63, 3.8) is 0 Å². The molecule has 0 aliphatic carbocycles. The van der Waals surface area contributed by atoms with Crippen molar-refractivity contribution < 1.29 is 14.4 Å². The van der Waals surface area contributed by atoms with E-state index in [1.807, 2.05) is 24.3 Å². The highest BCUT2D eigenvalue weighted by Crippen LogP contribution is 2.44. The second-order valence-corrected chi connectivity index (χ2v) is 9.19. The SMILES string of the molecule is CCCCCCCCNC(=O)C(C)N1C(=O)N2CCc3c([nH]c4ccccc34)C2(C)C1=O. The van der Waals surface area contributed by atoms with Crippen LogP contribution < -0.4 is 5.32 Å². The average molecular weight is 439 g/mol. The number of H-pyrrole nitrogens is 1. The van der Waals surface area contributed by atoms with Gasteiger partial charge in [0.1, 0.15) is 6.04 Å². The lowest BCUT2D eigenvalue weighted by Crippen LogP contribution is -2.50. The maximum atomic E-state index is 13.6. The van der Waals surface area contributed by atoms with Gasteiger partial charge in [-0.2, -0.15) is 0 Å². The molecule has 7 heteroatoms. The van der Waals surface area contributed by atoms with Gasteiger partial charge in [-0.3, -0.25) is 9.59 Å². The molecule has 7 nitrogen and oxygen atoms in total. The smallest absolute Gasteiger partial charge is 0.328 e. The normalized spacial score (nSPS) is 21.1. The van der Waals surface area contributed by atoms with E-state index < -0.39 is 11.6 Å². The highest BCUT2D eigenvalue weighted by Gasteiger charge is 2.60. The zero-order valence-electron chi connectivity index (χ0n) is 19.4. The first-order valence-electron chi connectivity index (χ1n) is 11.9. The van der Waals surface area contributed by atoms with Crippen molar-refractivity contribution in [2.75, 3.05) is 13.1 Å². The molecular formula is C25H34N4O3. The van der Waals surface area contributed by atoms with Gasteiger partial charge < -0.3 is 15.2 Å². The highest BCUT2D eigenvalue weighted by atomic mass is 16.2. The summed E-state index contributed by atoms with van der Waals surface area (Å²) in [7, 11) is 0. The van der Waals surface area contributed by atoms with Gasteiger partial charge >= 0.3 is 6.03 Å². The number of carbonyl (C=O) groups is 3. The topological polar surface area (TPSA) is 85.5 Å². The zero-order chi connectivity index (χ0) is 22.9. The number of fused-ring (bicyclic) bond motifs is 5. The van der Waals surface area contributed by atoms with Gasteiger partial charge in [-0.05, 0) is 38.3 Å². The van der Waals surface area contributed by atoms with E-state index in [0.717, 1.165) is 39.9 Å². The van der Waals surface area contributed by atoms with E-state index in [1.54, 1.807) is 18.7 Å². The molecule has 2 atom stereocenters. The number of imide groups is 1. The summed E-state index contributed by atoms with van der Waals surface area (Å²) in [5.41, 5.74) is 1.70. The van der Waals surface area contributed by atoms with Crippen LogP contribution >= 0.6 is 0 Å². The van der Waals surface area contributed by atoms with E-state index in [0.29, 0.717) is 19.5 Å². The summed E-state index contributed by atoms with van der Waals surface area (Å²) in [6, 6.07) is 6.73. The summed E-state index contributed by atoms with van der Waals surface area (Å²) < 4.78 is 0. The summed E-state index contributed by atoms with van der Waals surface area (Å²) in [5.74, 6) is -0.613. The van der Waals surface area contributed by atoms with E-state index in [2.05, 4.69) is 17.2 Å². The maximum Gasteiger partial charge on any atom is 0.328 e. The summed E-state index contributed by atoms with van der Waals surface area (Å²) in [5, 5.41) is 4.00. The Morgan fingerprint density at radius 1 is 1.16 bits per heavy atom. The summed E-state index contributed by atoms with van der Waals surface area (Å²) in [4.78, 5) is 45.8. The lowest BCUT2D eigenvalue weighted by atomic mass is 9.87. The number of carbonyl (C=O) groups excluding carboxylic acids is 3. The van der Waals surface area contributed by atoms with Gasteiger partial charge in [-0.15, -0.1) is 0 Å². The molecule has 0 spiro atoms. The monoisotopic (exact) mass is 438 g/mol. The fourth-order valence-corrected chi connectivity index (χ4v) is 5.14. The number of urea groups is 1. The van der Waals surface area contributed by atoms with Crippen molar-refractivity contribution in [1.82, 2.24) is 20.1 Å². The molecule has 1 fully saturated rings. The van der Waals surface area contributed by atoms with Gasteiger partial charge in [0.15, 0.2) is 5.54 Å². The number of para-hydroxylation sites is 1. The first-order valence-corrected chi connectivity index (χ1v) is 11.9. The number of unbranched alkanes of at least 4 members (excludes halogenated alkanes) is 5. The van der Waals surface area contributed by atoms with Gasteiger partial charge in [0, 0.05) is 24.0 Å². The molecule has 0 saturated carbocycles. The minimum atomic E-state index is -1.11. The van der Waals surface area contributed by atoms with Gasteiger partial charge in [0.2, 0.25) is 5.91 Å². The molecule has 0 bridgehead atoms. The first kappa shape index (κ1) is 22.4. The fourth-order valence-electron chi connectivity index (χ4n) is 5.14. The Balaban J connectivity index is 1.47. The third-order valence-corrected chi connectivity index (χ3v) is 7.09. The predicted octanol–water partition coefficient (Wildman–Crippen LogP) is 4.07. The molecular weight excluding hydrogens is 404 g/mol. The number of aromatic amines is 1. The third-order valence-electron chi connectivity index (χ3n) is 7.09. The lowest BCUT2D eigenvalue weighted by Gasteiger charge is -2.36. The van der Waals surface area contributed by atoms with E-state index in [1.165, 1.54) is 25.7 Å². The van der Waals surface area contributed by atoms with Crippen LogP contribution in [0.15, 0.2) is 24.3 Å². The van der Waals surface area contributed by atoms with Gasteiger partial charge in [-0.1, -0.05) is 57.2 Å². The fraction of sp³-hybridized carbons (Fsp3) is 0.560. The molecule has 1 aromatic heterocycles. The van der Waals surface area contributed by atoms with Crippen molar-refractivity contribution in [3.05, 3.63) is 35.5 Å². The van der Waals surface area contributed by atoms with Crippen LogP contribution in [-0.4, -0.2) is 51.8 Å². The molecule has 172 valence electrons. The van der Waals surface area contributed by atoms with Crippen molar-refractivity contribution in [3.8, 4) is 0 Å². The maximum absolute atomic E-state index is 13.6. The van der Waals surface area contributed by atoms with Crippen molar-refractivity contribution in [1.29, 1.82) is 0 Å². The quantitative estimate of drug-likeness (QED) is 0.457. The average Bonchev–Trinajstić information content (AvgIpc) is 3.26. The minimum absolute atomic E-state index is 0.277.